The van der Waals surface area contributed by atoms with Gasteiger partial charge in [0.1, 0.15) is 6.04 Å². The van der Waals surface area contributed by atoms with Gasteiger partial charge in [0.2, 0.25) is 11.1 Å². The van der Waals surface area contributed by atoms with Crippen LogP contribution in [0.25, 0.3) is 0 Å². The molecule has 1 N–H and O–H groups in total. The van der Waals surface area contributed by atoms with E-state index in [2.05, 4.69) is 33.2 Å². The molecular formula is C21H27BrN4O3S. The number of aromatic nitrogens is 3. The first-order chi connectivity index (χ1) is 14.4. The van der Waals surface area contributed by atoms with Crippen LogP contribution in [0.4, 0.5) is 5.95 Å². The molecule has 0 saturated carbocycles. The van der Waals surface area contributed by atoms with Gasteiger partial charge < -0.3 is 14.8 Å². The standard InChI is InChI=1S/C21H27BrN4O3S/c1-6-8-9-30-21-24-20-23-12(3)17(13(4)27)18(26(20)25-21)14-10-15(22)19(29-7-2)16(11-14)28-5/h10-11,18H,6-9H2,1-5H3,(H,23,24,25). The SMILES string of the molecule is CCCCSc1nc2n(n1)C(c1cc(Br)c(OCC)c(OC)c1)C(C(C)=O)=C(C)N2. The van der Waals surface area contributed by atoms with Crippen LogP contribution in [-0.4, -0.2) is 40.0 Å². The third-order valence-electron chi connectivity index (χ3n) is 4.80. The molecule has 0 aliphatic carbocycles. The molecule has 1 unspecified atom stereocenters. The molecule has 0 amide bonds. The number of benzene rings is 1. The lowest BCUT2D eigenvalue weighted by atomic mass is 9.93. The van der Waals surface area contributed by atoms with Crippen LogP contribution in [0.15, 0.2) is 33.0 Å². The van der Waals surface area contributed by atoms with Crippen molar-refractivity contribution in [1.29, 1.82) is 0 Å². The smallest absolute Gasteiger partial charge is 0.227 e. The second kappa shape index (κ2) is 9.87. The maximum Gasteiger partial charge on any atom is 0.227 e. The second-order valence-corrected chi connectivity index (χ2v) is 8.87. The highest BCUT2D eigenvalue weighted by molar-refractivity contribution is 9.10. The third-order valence-corrected chi connectivity index (χ3v) is 6.31. The molecule has 0 fully saturated rings. The highest BCUT2D eigenvalue weighted by atomic mass is 79.9. The predicted octanol–water partition coefficient (Wildman–Crippen LogP) is 5.22. The molecule has 2 aromatic rings. The average Bonchev–Trinajstić information content (AvgIpc) is 3.10. The van der Waals surface area contributed by atoms with Gasteiger partial charge in [-0.3, -0.25) is 4.79 Å². The average molecular weight is 495 g/mol. The van der Waals surface area contributed by atoms with Crippen molar-refractivity contribution in [1.82, 2.24) is 14.8 Å². The lowest BCUT2D eigenvalue weighted by Crippen LogP contribution is -2.28. The number of unbranched alkanes of at least 4 members (excludes halogenated alkanes) is 1. The molecule has 0 radical (unpaired) electrons. The van der Waals surface area contributed by atoms with Crippen molar-refractivity contribution in [2.24, 2.45) is 0 Å². The van der Waals surface area contributed by atoms with E-state index < -0.39 is 6.04 Å². The predicted molar refractivity (Wildman–Crippen MR) is 123 cm³/mol. The molecule has 1 aromatic heterocycles. The number of carbonyl (C=O) groups is 1. The monoisotopic (exact) mass is 494 g/mol. The van der Waals surface area contributed by atoms with Crippen molar-refractivity contribution in [3.63, 3.8) is 0 Å². The highest BCUT2D eigenvalue weighted by Gasteiger charge is 2.33. The second-order valence-electron chi connectivity index (χ2n) is 6.95. The van der Waals surface area contributed by atoms with Crippen LogP contribution in [0.1, 0.15) is 52.1 Å². The number of rotatable bonds is 9. The van der Waals surface area contributed by atoms with Gasteiger partial charge in [-0.25, -0.2) is 4.68 Å². The topological polar surface area (TPSA) is 78.3 Å². The Morgan fingerprint density at radius 2 is 2.13 bits per heavy atom. The summed E-state index contributed by atoms with van der Waals surface area (Å²) < 4.78 is 13.8. The lowest BCUT2D eigenvalue weighted by Gasteiger charge is -2.28. The van der Waals surface area contributed by atoms with E-state index in [1.54, 1.807) is 30.5 Å². The number of anilines is 1. The summed E-state index contributed by atoms with van der Waals surface area (Å²) in [5, 5.41) is 8.67. The Morgan fingerprint density at radius 1 is 1.37 bits per heavy atom. The van der Waals surface area contributed by atoms with Gasteiger partial charge in [-0.05, 0) is 60.8 Å². The number of fused-ring (bicyclic) bond motifs is 1. The van der Waals surface area contributed by atoms with Crippen molar-refractivity contribution in [2.75, 3.05) is 24.8 Å². The van der Waals surface area contributed by atoms with Crippen LogP contribution in [-0.2, 0) is 4.79 Å². The largest absolute Gasteiger partial charge is 0.493 e. The number of ketones is 1. The Bertz CT molecular complexity index is 973. The number of nitrogens with zero attached hydrogens (tertiary/aromatic N) is 3. The molecule has 30 heavy (non-hydrogen) atoms. The molecular weight excluding hydrogens is 468 g/mol. The number of methoxy groups -OCH3 is 1. The number of thioether (sulfide) groups is 1. The normalized spacial score (nSPS) is 15.6. The summed E-state index contributed by atoms with van der Waals surface area (Å²) in [5.41, 5.74) is 2.29. The number of hydrogen-bond donors (Lipinski definition) is 1. The van der Waals surface area contributed by atoms with Gasteiger partial charge in [0.25, 0.3) is 0 Å². The van der Waals surface area contributed by atoms with Crippen LogP contribution in [0.2, 0.25) is 0 Å². The van der Waals surface area contributed by atoms with Gasteiger partial charge in [-0.15, -0.1) is 5.10 Å². The van der Waals surface area contributed by atoms with Crippen LogP contribution in [0, 0.1) is 0 Å². The Balaban J connectivity index is 2.11. The molecule has 3 rings (SSSR count). The van der Waals surface area contributed by atoms with Crippen LogP contribution < -0.4 is 14.8 Å². The summed E-state index contributed by atoms with van der Waals surface area (Å²) in [6.45, 7) is 8.07. The van der Waals surface area contributed by atoms with Gasteiger partial charge in [0.05, 0.1) is 18.2 Å². The van der Waals surface area contributed by atoms with E-state index in [4.69, 9.17) is 14.6 Å². The maximum absolute atomic E-state index is 12.6. The van der Waals surface area contributed by atoms with Crippen molar-refractivity contribution in [3.8, 4) is 11.5 Å². The van der Waals surface area contributed by atoms with Gasteiger partial charge in [-0.2, -0.15) is 4.98 Å². The third kappa shape index (κ3) is 4.51. The van der Waals surface area contributed by atoms with Crippen molar-refractivity contribution < 1.29 is 14.3 Å². The van der Waals surface area contributed by atoms with Gasteiger partial charge in [0.15, 0.2) is 17.3 Å². The molecule has 0 bridgehead atoms. The molecule has 0 spiro atoms. The summed E-state index contributed by atoms with van der Waals surface area (Å²) in [4.78, 5) is 17.2. The molecule has 1 aliphatic heterocycles. The maximum atomic E-state index is 12.6. The number of nitrogens with one attached hydrogen (secondary N) is 1. The van der Waals surface area contributed by atoms with E-state index in [0.29, 0.717) is 34.8 Å². The Kier molecular flexibility index (Phi) is 7.46. The van der Waals surface area contributed by atoms with Gasteiger partial charge in [0, 0.05) is 17.0 Å². The zero-order valence-electron chi connectivity index (χ0n) is 17.9. The van der Waals surface area contributed by atoms with Crippen molar-refractivity contribution >= 4 is 39.4 Å². The Hall–Kier alpha value is -2.00. The molecule has 0 saturated heterocycles. The first-order valence-corrected chi connectivity index (χ1v) is 11.8. The minimum atomic E-state index is -0.410. The Morgan fingerprint density at radius 3 is 2.77 bits per heavy atom. The summed E-state index contributed by atoms with van der Waals surface area (Å²) >= 11 is 5.22. The molecule has 2 heterocycles. The van der Waals surface area contributed by atoms with Crippen LogP contribution in [0.3, 0.4) is 0 Å². The van der Waals surface area contributed by atoms with E-state index in [-0.39, 0.29) is 5.78 Å². The molecule has 9 heteroatoms. The number of ether oxygens (including phenoxy) is 2. The molecule has 7 nitrogen and oxygen atoms in total. The number of carbonyl (C=O) groups excluding carboxylic acids is 1. The minimum absolute atomic E-state index is 0.0182. The fourth-order valence-electron chi connectivity index (χ4n) is 3.45. The quantitative estimate of drug-likeness (QED) is 0.378. The molecule has 162 valence electrons. The first-order valence-electron chi connectivity index (χ1n) is 9.99. The number of Topliss-reactive ketones (excluding diaryl/α,β-unsaturated/α-hetero) is 1. The molecule has 1 aliphatic rings. The van der Waals surface area contributed by atoms with E-state index >= 15 is 0 Å². The summed E-state index contributed by atoms with van der Waals surface area (Å²) in [7, 11) is 1.60. The molecule has 1 aromatic carbocycles. The number of allylic oxidation sites excluding steroid dienone is 2. The fraction of sp³-hybridized carbons (Fsp3) is 0.476. The summed E-state index contributed by atoms with van der Waals surface area (Å²) in [6.07, 6.45) is 2.22. The first kappa shape index (κ1) is 22.7. The van der Waals surface area contributed by atoms with Crippen LogP contribution in [0.5, 0.6) is 11.5 Å². The fourth-order valence-corrected chi connectivity index (χ4v) is 4.93. The zero-order chi connectivity index (χ0) is 21.8. The van der Waals surface area contributed by atoms with Crippen molar-refractivity contribution in [3.05, 3.63) is 33.4 Å². The van der Waals surface area contributed by atoms with Gasteiger partial charge in [-0.1, -0.05) is 25.1 Å². The van der Waals surface area contributed by atoms with Crippen LogP contribution >= 0.6 is 27.7 Å². The van der Waals surface area contributed by atoms with Crippen molar-refractivity contribution in [2.45, 2.75) is 51.7 Å². The van der Waals surface area contributed by atoms with E-state index in [9.17, 15) is 4.79 Å². The van der Waals surface area contributed by atoms with E-state index in [0.717, 1.165) is 34.3 Å². The Labute approximate surface area is 189 Å². The minimum Gasteiger partial charge on any atom is -0.493 e. The number of halogens is 1. The summed E-state index contributed by atoms with van der Waals surface area (Å²) in [6, 6.07) is 3.44. The highest BCUT2D eigenvalue weighted by Crippen LogP contribution is 2.43. The summed E-state index contributed by atoms with van der Waals surface area (Å²) in [5.74, 6) is 2.80. The van der Waals surface area contributed by atoms with E-state index in [1.165, 1.54) is 0 Å². The zero-order valence-corrected chi connectivity index (χ0v) is 20.3. The lowest BCUT2D eigenvalue weighted by molar-refractivity contribution is -0.114. The molecule has 1 atom stereocenters. The van der Waals surface area contributed by atoms with Gasteiger partial charge >= 0.3 is 0 Å². The number of hydrogen-bond acceptors (Lipinski definition) is 7. The van der Waals surface area contributed by atoms with E-state index in [1.807, 2.05) is 26.0 Å².